The Morgan fingerprint density at radius 1 is 1.33 bits per heavy atom. The van der Waals surface area contributed by atoms with Gasteiger partial charge >= 0.3 is 0 Å². The zero-order valence-corrected chi connectivity index (χ0v) is 10.5. The second-order valence-corrected chi connectivity index (χ2v) is 4.25. The molecule has 18 heavy (non-hydrogen) atoms. The first-order chi connectivity index (χ1) is 8.70. The Bertz CT molecular complexity index is 424. The van der Waals surface area contributed by atoms with Crippen LogP contribution in [0.1, 0.15) is 13.3 Å². The second kappa shape index (κ2) is 5.63. The molecule has 1 fully saturated rings. The number of nitrogens with zero attached hydrogens (tertiary/aromatic N) is 4. The van der Waals surface area contributed by atoms with Crippen LogP contribution in [0.25, 0.3) is 0 Å². The monoisotopic (exact) mass is 250 g/mol. The predicted molar refractivity (Wildman–Crippen MR) is 68.9 cm³/mol. The number of carbonyl (C=O) groups excluding carboxylic acids is 1. The number of aromatic nitrogens is 2. The molecule has 0 aliphatic carbocycles. The van der Waals surface area contributed by atoms with Crippen LogP contribution in [-0.2, 0) is 4.79 Å². The molecule has 0 radical (unpaired) electrons. The molecular weight excluding hydrogens is 232 g/mol. The molecule has 0 saturated carbocycles. The summed E-state index contributed by atoms with van der Waals surface area (Å²) in [6, 6.07) is 1.81. The molecule has 7 heteroatoms. The number of hydrazine groups is 1. The van der Waals surface area contributed by atoms with Crippen LogP contribution in [-0.4, -0.2) is 47.0 Å². The van der Waals surface area contributed by atoms with Gasteiger partial charge in [-0.25, -0.2) is 15.8 Å². The summed E-state index contributed by atoms with van der Waals surface area (Å²) in [5, 5.41) is 0. The molecule has 1 aliphatic rings. The van der Waals surface area contributed by atoms with Crippen LogP contribution in [0.2, 0.25) is 0 Å². The van der Waals surface area contributed by atoms with Gasteiger partial charge in [-0.1, -0.05) is 0 Å². The number of nitrogens with two attached hydrogens (primary N) is 1. The summed E-state index contributed by atoms with van der Waals surface area (Å²) in [6.45, 7) is 4.80. The molecular formula is C11H18N6O. The molecule has 1 amide bonds. The van der Waals surface area contributed by atoms with Crippen molar-refractivity contribution in [1.82, 2.24) is 14.9 Å². The molecule has 7 nitrogen and oxygen atoms in total. The molecule has 1 aromatic heterocycles. The zero-order chi connectivity index (χ0) is 13.0. The molecule has 0 atom stereocenters. The maximum absolute atomic E-state index is 11.4. The number of hydrogen-bond acceptors (Lipinski definition) is 6. The van der Waals surface area contributed by atoms with Crippen molar-refractivity contribution < 1.29 is 4.79 Å². The highest BCUT2D eigenvalue weighted by Crippen LogP contribution is 2.15. The fourth-order valence-electron chi connectivity index (χ4n) is 2.06. The second-order valence-electron chi connectivity index (χ2n) is 4.25. The van der Waals surface area contributed by atoms with Crippen molar-refractivity contribution >= 4 is 17.5 Å². The highest BCUT2D eigenvalue weighted by atomic mass is 16.2. The average molecular weight is 250 g/mol. The number of carbonyl (C=O) groups is 1. The zero-order valence-electron chi connectivity index (χ0n) is 10.5. The van der Waals surface area contributed by atoms with Gasteiger partial charge in [0.15, 0.2) is 0 Å². The fourth-order valence-corrected chi connectivity index (χ4v) is 2.06. The van der Waals surface area contributed by atoms with Crippen molar-refractivity contribution in [2.75, 3.05) is 36.5 Å². The summed E-state index contributed by atoms with van der Waals surface area (Å²) in [6.07, 6.45) is 2.42. The number of hydrogen-bond donors (Lipinski definition) is 2. The summed E-state index contributed by atoms with van der Waals surface area (Å²) >= 11 is 0. The molecule has 1 aromatic rings. The third-order valence-corrected chi connectivity index (χ3v) is 3.07. The van der Waals surface area contributed by atoms with Crippen LogP contribution in [0.4, 0.5) is 11.6 Å². The van der Waals surface area contributed by atoms with Gasteiger partial charge in [-0.15, -0.1) is 0 Å². The quantitative estimate of drug-likeness (QED) is 0.559. The van der Waals surface area contributed by atoms with E-state index in [2.05, 4.69) is 20.3 Å². The maximum atomic E-state index is 11.4. The van der Waals surface area contributed by atoms with Crippen LogP contribution < -0.4 is 16.2 Å². The van der Waals surface area contributed by atoms with Crippen molar-refractivity contribution in [3.63, 3.8) is 0 Å². The average Bonchev–Trinajstić information content (AvgIpc) is 2.64. The molecule has 98 valence electrons. The van der Waals surface area contributed by atoms with Gasteiger partial charge in [0.05, 0.1) is 0 Å². The Kier molecular flexibility index (Phi) is 3.93. The Hall–Kier alpha value is -1.89. The number of anilines is 2. The van der Waals surface area contributed by atoms with Gasteiger partial charge in [0.1, 0.15) is 18.0 Å². The first-order valence-electron chi connectivity index (χ1n) is 6.00. The van der Waals surface area contributed by atoms with E-state index < -0.39 is 0 Å². The summed E-state index contributed by atoms with van der Waals surface area (Å²) in [7, 11) is 0. The van der Waals surface area contributed by atoms with Crippen LogP contribution in [0.3, 0.4) is 0 Å². The third-order valence-electron chi connectivity index (χ3n) is 3.07. The standard InChI is InChI=1S/C11H18N6O/c1-9(18)16-3-2-4-17(6-5-16)11-7-10(15-12)13-8-14-11/h7-8H,2-6,12H2,1H3,(H,13,14,15). The number of amides is 1. The van der Waals surface area contributed by atoms with Crippen molar-refractivity contribution in [2.45, 2.75) is 13.3 Å². The third kappa shape index (κ3) is 2.86. The van der Waals surface area contributed by atoms with Crippen molar-refractivity contribution in [1.29, 1.82) is 0 Å². The van der Waals surface area contributed by atoms with Crippen LogP contribution in [0.15, 0.2) is 12.4 Å². The van der Waals surface area contributed by atoms with Gasteiger partial charge in [0.2, 0.25) is 5.91 Å². The minimum Gasteiger partial charge on any atom is -0.355 e. The van der Waals surface area contributed by atoms with Gasteiger partial charge in [0, 0.05) is 39.2 Å². The van der Waals surface area contributed by atoms with E-state index in [9.17, 15) is 4.79 Å². The molecule has 0 unspecified atom stereocenters. The van der Waals surface area contributed by atoms with Crippen LogP contribution >= 0.6 is 0 Å². The number of nitrogen functional groups attached to an aromatic ring is 1. The lowest BCUT2D eigenvalue weighted by molar-refractivity contribution is -0.128. The van der Waals surface area contributed by atoms with Crippen molar-refractivity contribution in [3.05, 3.63) is 12.4 Å². The molecule has 3 N–H and O–H groups in total. The lowest BCUT2D eigenvalue weighted by atomic mass is 10.3. The van der Waals surface area contributed by atoms with Gasteiger partial charge in [-0.3, -0.25) is 4.79 Å². The van der Waals surface area contributed by atoms with Gasteiger partial charge in [-0.05, 0) is 6.42 Å². The summed E-state index contributed by atoms with van der Waals surface area (Å²) in [5.74, 6) is 6.88. The minimum atomic E-state index is 0.129. The first-order valence-corrected chi connectivity index (χ1v) is 6.00. The van der Waals surface area contributed by atoms with Crippen molar-refractivity contribution in [2.24, 2.45) is 5.84 Å². The van der Waals surface area contributed by atoms with Gasteiger partial charge < -0.3 is 15.2 Å². The van der Waals surface area contributed by atoms with E-state index in [1.165, 1.54) is 6.33 Å². The Morgan fingerprint density at radius 3 is 2.89 bits per heavy atom. The Morgan fingerprint density at radius 2 is 2.17 bits per heavy atom. The summed E-state index contributed by atoms with van der Waals surface area (Å²) in [4.78, 5) is 23.6. The molecule has 2 heterocycles. The van der Waals surface area contributed by atoms with Crippen LogP contribution in [0, 0.1) is 0 Å². The lowest BCUT2D eigenvalue weighted by Crippen LogP contribution is -2.33. The first kappa shape index (κ1) is 12.6. The summed E-state index contributed by atoms with van der Waals surface area (Å²) < 4.78 is 0. The Balaban J connectivity index is 2.07. The molecule has 1 aliphatic heterocycles. The molecule has 0 aromatic carbocycles. The number of rotatable bonds is 2. The smallest absolute Gasteiger partial charge is 0.219 e. The largest absolute Gasteiger partial charge is 0.355 e. The molecule has 0 bridgehead atoms. The lowest BCUT2D eigenvalue weighted by Gasteiger charge is -2.22. The van der Waals surface area contributed by atoms with Gasteiger partial charge in [0.25, 0.3) is 0 Å². The van der Waals surface area contributed by atoms with E-state index in [1.54, 1.807) is 6.92 Å². The molecule has 1 saturated heterocycles. The van der Waals surface area contributed by atoms with Gasteiger partial charge in [-0.2, -0.15) is 0 Å². The highest BCUT2D eigenvalue weighted by Gasteiger charge is 2.17. The van der Waals surface area contributed by atoms with E-state index in [0.29, 0.717) is 5.82 Å². The Labute approximate surface area is 106 Å². The van der Waals surface area contributed by atoms with Crippen molar-refractivity contribution in [3.8, 4) is 0 Å². The van der Waals surface area contributed by atoms with E-state index in [0.717, 1.165) is 38.4 Å². The highest BCUT2D eigenvalue weighted by molar-refractivity contribution is 5.73. The fraction of sp³-hybridized carbons (Fsp3) is 0.545. The normalized spacial score (nSPS) is 16.3. The van der Waals surface area contributed by atoms with E-state index in [-0.39, 0.29) is 5.91 Å². The predicted octanol–water partition coefficient (Wildman–Crippen LogP) is -0.179. The topological polar surface area (TPSA) is 87.4 Å². The summed E-state index contributed by atoms with van der Waals surface area (Å²) in [5.41, 5.74) is 2.51. The minimum absolute atomic E-state index is 0.129. The number of nitrogens with one attached hydrogen (secondary N) is 1. The molecule has 0 spiro atoms. The SMILES string of the molecule is CC(=O)N1CCCN(c2cc(NN)ncn2)CC1. The molecule has 2 rings (SSSR count). The van der Waals surface area contributed by atoms with E-state index >= 15 is 0 Å². The van der Waals surface area contributed by atoms with Crippen LogP contribution in [0.5, 0.6) is 0 Å². The van der Waals surface area contributed by atoms with E-state index in [1.807, 2.05) is 11.0 Å². The maximum Gasteiger partial charge on any atom is 0.219 e. The van der Waals surface area contributed by atoms with E-state index in [4.69, 9.17) is 5.84 Å².